The molecule has 1 aliphatic rings. The second-order valence-electron chi connectivity index (χ2n) is 5.19. The molecule has 0 bridgehead atoms. The standard InChI is InChI=1S/C13H20N4O5S/c1-3-10-11(9(2)22-16-10)15-13(19)12(18)14-5-7-17-6-4-8-23(17,20)21/h3-8H2,1-2H3,(H,14,18)(H,15,19). The van der Waals surface area contributed by atoms with Crippen molar-refractivity contribution in [3.63, 3.8) is 0 Å². The summed E-state index contributed by atoms with van der Waals surface area (Å²) in [7, 11) is -3.20. The predicted molar refractivity (Wildman–Crippen MR) is 82.2 cm³/mol. The molecule has 2 N–H and O–H groups in total. The number of hydrogen-bond acceptors (Lipinski definition) is 6. The van der Waals surface area contributed by atoms with Gasteiger partial charge in [0.25, 0.3) is 0 Å². The van der Waals surface area contributed by atoms with Crippen molar-refractivity contribution in [2.75, 3.05) is 30.7 Å². The number of amides is 2. The molecule has 1 aliphatic heterocycles. The maximum Gasteiger partial charge on any atom is 0.313 e. The van der Waals surface area contributed by atoms with Gasteiger partial charge in [-0.1, -0.05) is 12.1 Å². The van der Waals surface area contributed by atoms with Crippen LogP contribution >= 0.6 is 0 Å². The Morgan fingerprint density at radius 3 is 2.70 bits per heavy atom. The van der Waals surface area contributed by atoms with Gasteiger partial charge in [-0.05, 0) is 19.8 Å². The van der Waals surface area contributed by atoms with Gasteiger partial charge < -0.3 is 15.2 Å². The van der Waals surface area contributed by atoms with Crippen LogP contribution in [0.1, 0.15) is 24.8 Å². The molecule has 128 valence electrons. The van der Waals surface area contributed by atoms with Crippen LogP contribution in [-0.4, -0.2) is 55.1 Å². The first-order valence-corrected chi connectivity index (χ1v) is 8.98. The molecule has 0 unspecified atom stereocenters. The van der Waals surface area contributed by atoms with Crippen LogP contribution in [0.3, 0.4) is 0 Å². The van der Waals surface area contributed by atoms with Crippen molar-refractivity contribution < 1.29 is 22.5 Å². The van der Waals surface area contributed by atoms with Crippen molar-refractivity contribution in [2.24, 2.45) is 0 Å². The minimum Gasteiger partial charge on any atom is -0.359 e. The number of aryl methyl sites for hydroxylation is 2. The fraction of sp³-hybridized carbons (Fsp3) is 0.615. The molecule has 1 fully saturated rings. The number of nitrogens with zero attached hydrogens (tertiary/aromatic N) is 2. The molecule has 0 radical (unpaired) electrons. The van der Waals surface area contributed by atoms with Crippen LogP contribution < -0.4 is 10.6 Å². The third-order valence-corrected chi connectivity index (χ3v) is 5.52. The Morgan fingerprint density at radius 2 is 2.09 bits per heavy atom. The third-order valence-electron chi connectivity index (χ3n) is 3.56. The maximum absolute atomic E-state index is 11.9. The highest BCUT2D eigenvalue weighted by molar-refractivity contribution is 7.89. The molecule has 0 atom stereocenters. The highest BCUT2D eigenvalue weighted by atomic mass is 32.2. The summed E-state index contributed by atoms with van der Waals surface area (Å²) < 4.78 is 29.5. The van der Waals surface area contributed by atoms with E-state index in [4.69, 9.17) is 4.52 Å². The van der Waals surface area contributed by atoms with E-state index >= 15 is 0 Å². The Kier molecular flexibility index (Phi) is 5.37. The van der Waals surface area contributed by atoms with Gasteiger partial charge in [0.1, 0.15) is 11.4 Å². The lowest BCUT2D eigenvalue weighted by atomic mass is 10.2. The molecule has 0 spiro atoms. The monoisotopic (exact) mass is 344 g/mol. The lowest BCUT2D eigenvalue weighted by Gasteiger charge is -2.14. The van der Waals surface area contributed by atoms with E-state index in [9.17, 15) is 18.0 Å². The van der Waals surface area contributed by atoms with Gasteiger partial charge in [0.2, 0.25) is 10.0 Å². The summed E-state index contributed by atoms with van der Waals surface area (Å²) >= 11 is 0. The molecule has 1 saturated heterocycles. The molecule has 2 amide bonds. The van der Waals surface area contributed by atoms with E-state index in [1.165, 1.54) is 4.31 Å². The van der Waals surface area contributed by atoms with Gasteiger partial charge in [0, 0.05) is 19.6 Å². The van der Waals surface area contributed by atoms with Crippen molar-refractivity contribution in [3.05, 3.63) is 11.5 Å². The van der Waals surface area contributed by atoms with Crippen molar-refractivity contribution >= 4 is 27.5 Å². The van der Waals surface area contributed by atoms with Crippen LogP contribution in [-0.2, 0) is 26.0 Å². The Bertz CT molecular complexity index is 697. The highest BCUT2D eigenvalue weighted by Crippen LogP contribution is 2.20. The SMILES string of the molecule is CCc1noc(C)c1NC(=O)C(=O)NCCN1CCCS1(=O)=O. The summed E-state index contributed by atoms with van der Waals surface area (Å²) in [5, 5.41) is 8.66. The molecular formula is C13H20N4O5S. The van der Waals surface area contributed by atoms with Crippen LogP contribution in [0.2, 0.25) is 0 Å². The van der Waals surface area contributed by atoms with Gasteiger partial charge >= 0.3 is 11.8 Å². The number of carbonyl (C=O) groups is 2. The summed E-state index contributed by atoms with van der Waals surface area (Å²) in [5.74, 6) is -1.11. The molecule has 10 heteroatoms. The van der Waals surface area contributed by atoms with E-state index in [2.05, 4.69) is 15.8 Å². The fourth-order valence-corrected chi connectivity index (χ4v) is 3.84. The first-order chi connectivity index (χ1) is 10.8. The van der Waals surface area contributed by atoms with E-state index < -0.39 is 21.8 Å². The Hall–Kier alpha value is -1.94. The van der Waals surface area contributed by atoms with E-state index in [0.717, 1.165) is 0 Å². The van der Waals surface area contributed by atoms with E-state index in [0.29, 0.717) is 36.5 Å². The average Bonchev–Trinajstić information content (AvgIpc) is 3.02. The van der Waals surface area contributed by atoms with E-state index in [1.807, 2.05) is 6.92 Å². The molecule has 23 heavy (non-hydrogen) atoms. The topological polar surface area (TPSA) is 122 Å². The Labute approximate surface area is 134 Å². The van der Waals surface area contributed by atoms with Crippen LogP contribution in [0.15, 0.2) is 4.52 Å². The highest BCUT2D eigenvalue weighted by Gasteiger charge is 2.28. The summed E-state index contributed by atoms with van der Waals surface area (Å²) in [4.78, 5) is 23.6. The normalized spacial score (nSPS) is 17.1. The molecule has 0 aliphatic carbocycles. The largest absolute Gasteiger partial charge is 0.359 e. The van der Waals surface area contributed by atoms with Crippen LogP contribution in [0, 0.1) is 6.92 Å². The second-order valence-corrected chi connectivity index (χ2v) is 7.28. The van der Waals surface area contributed by atoms with Crippen LogP contribution in [0.5, 0.6) is 0 Å². The summed E-state index contributed by atoms with van der Waals surface area (Å²) in [6, 6.07) is 0. The molecule has 1 aromatic rings. The number of rotatable bonds is 5. The number of aromatic nitrogens is 1. The third kappa shape index (κ3) is 4.08. The first kappa shape index (κ1) is 17.4. The van der Waals surface area contributed by atoms with Gasteiger partial charge in [-0.25, -0.2) is 12.7 Å². The van der Waals surface area contributed by atoms with Crippen LogP contribution in [0.4, 0.5) is 5.69 Å². The van der Waals surface area contributed by atoms with Crippen molar-refractivity contribution in [2.45, 2.75) is 26.7 Å². The maximum atomic E-state index is 11.9. The molecule has 9 nitrogen and oxygen atoms in total. The van der Waals surface area contributed by atoms with Crippen LogP contribution in [0.25, 0.3) is 0 Å². The molecule has 2 heterocycles. The smallest absolute Gasteiger partial charge is 0.313 e. The number of sulfonamides is 1. The minimum absolute atomic E-state index is 0.0781. The molecule has 1 aromatic heterocycles. The van der Waals surface area contributed by atoms with Gasteiger partial charge in [0.15, 0.2) is 5.76 Å². The zero-order chi connectivity index (χ0) is 17.0. The van der Waals surface area contributed by atoms with E-state index in [1.54, 1.807) is 6.92 Å². The molecule has 0 saturated carbocycles. The zero-order valence-corrected chi connectivity index (χ0v) is 13.9. The number of nitrogens with one attached hydrogen (secondary N) is 2. The van der Waals surface area contributed by atoms with Gasteiger partial charge in [-0.3, -0.25) is 9.59 Å². The number of carbonyl (C=O) groups excluding carboxylic acids is 2. The van der Waals surface area contributed by atoms with Gasteiger partial charge in [-0.2, -0.15) is 0 Å². The molecular weight excluding hydrogens is 324 g/mol. The van der Waals surface area contributed by atoms with Crippen molar-refractivity contribution in [3.8, 4) is 0 Å². The van der Waals surface area contributed by atoms with Crippen molar-refractivity contribution in [1.82, 2.24) is 14.8 Å². The lowest BCUT2D eigenvalue weighted by molar-refractivity contribution is -0.136. The summed E-state index contributed by atoms with van der Waals surface area (Å²) in [5.41, 5.74) is 0.960. The number of anilines is 1. The average molecular weight is 344 g/mol. The zero-order valence-electron chi connectivity index (χ0n) is 13.1. The molecule has 2 rings (SSSR count). The van der Waals surface area contributed by atoms with Gasteiger partial charge in [-0.15, -0.1) is 0 Å². The minimum atomic E-state index is -3.20. The predicted octanol–water partition coefficient (Wildman–Crippen LogP) is -0.364. The van der Waals surface area contributed by atoms with Crippen molar-refractivity contribution in [1.29, 1.82) is 0 Å². The molecule has 0 aromatic carbocycles. The lowest BCUT2D eigenvalue weighted by Crippen LogP contribution is -2.40. The first-order valence-electron chi connectivity index (χ1n) is 7.37. The van der Waals surface area contributed by atoms with Gasteiger partial charge in [0.05, 0.1) is 5.75 Å². The summed E-state index contributed by atoms with van der Waals surface area (Å²) in [6.07, 6.45) is 1.14. The quantitative estimate of drug-likeness (QED) is 0.703. The Morgan fingerprint density at radius 1 is 1.35 bits per heavy atom. The van der Waals surface area contributed by atoms with E-state index in [-0.39, 0.29) is 18.8 Å². The fourth-order valence-electron chi connectivity index (χ4n) is 2.31. The number of hydrogen-bond donors (Lipinski definition) is 2. The Balaban J connectivity index is 1.84. The second kappa shape index (κ2) is 7.09. The summed E-state index contributed by atoms with van der Waals surface area (Å²) in [6.45, 7) is 4.17.